The molecule has 7 nitrogen and oxygen atoms in total. The van der Waals surface area contributed by atoms with Crippen molar-refractivity contribution in [2.24, 2.45) is 0 Å². The van der Waals surface area contributed by atoms with Crippen LogP contribution in [-0.4, -0.2) is 39.3 Å². The maximum atomic E-state index is 12.7. The molecule has 0 atom stereocenters. The van der Waals surface area contributed by atoms with Gasteiger partial charge in [0.15, 0.2) is 0 Å². The summed E-state index contributed by atoms with van der Waals surface area (Å²) >= 11 is 0. The van der Waals surface area contributed by atoms with Gasteiger partial charge in [-0.25, -0.2) is 13.1 Å². The second-order valence-electron chi connectivity index (χ2n) is 4.72. The Kier molecular flexibility index (Phi) is 4.61. The molecule has 0 saturated carbocycles. The number of alkyl halides is 2. The van der Waals surface area contributed by atoms with Gasteiger partial charge < -0.3 is 0 Å². The van der Waals surface area contributed by atoms with Gasteiger partial charge in [0.25, 0.3) is 0 Å². The van der Waals surface area contributed by atoms with E-state index in [9.17, 15) is 17.2 Å². The van der Waals surface area contributed by atoms with Crippen LogP contribution in [0.4, 0.5) is 8.78 Å². The summed E-state index contributed by atoms with van der Waals surface area (Å²) in [5.74, 6) is 0. The number of rotatable bonds is 6. The molecule has 0 radical (unpaired) electrons. The van der Waals surface area contributed by atoms with E-state index in [0.29, 0.717) is 16.9 Å². The van der Waals surface area contributed by atoms with Crippen LogP contribution in [0.3, 0.4) is 0 Å². The number of aryl methyl sites for hydroxylation is 1. The minimum Gasteiger partial charge on any atom is -0.269 e. The quantitative estimate of drug-likeness (QED) is 0.805. The third kappa shape index (κ3) is 2.88. The van der Waals surface area contributed by atoms with Crippen LogP contribution in [0.15, 0.2) is 23.4 Å². The molecule has 2 aromatic heterocycles. The molecule has 10 heteroatoms. The lowest BCUT2D eigenvalue weighted by Gasteiger charge is -2.17. The monoisotopic (exact) mass is 333 g/mol. The fourth-order valence-electron chi connectivity index (χ4n) is 2.12. The average Bonchev–Trinajstić information content (AvgIpc) is 3.04. The molecule has 0 aliphatic carbocycles. The molecule has 0 fully saturated rings. The van der Waals surface area contributed by atoms with E-state index >= 15 is 0 Å². The Morgan fingerprint density at radius 3 is 2.59 bits per heavy atom. The zero-order valence-corrected chi connectivity index (χ0v) is 13.3. The molecule has 22 heavy (non-hydrogen) atoms. The van der Waals surface area contributed by atoms with Crippen LogP contribution in [-0.2, 0) is 23.1 Å². The second kappa shape index (κ2) is 6.13. The Hall–Kier alpha value is -1.81. The molecule has 0 aromatic carbocycles. The van der Waals surface area contributed by atoms with E-state index in [1.807, 2.05) is 6.92 Å². The van der Waals surface area contributed by atoms with Gasteiger partial charge in [0.1, 0.15) is 4.90 Å². The molecule has 2 rings (SSSR count). The summed E-state index contributed by atoms with van der Waals surface area (Å²) in [6.45, 7) is 1.02. The molecule has 0 saturated heterocycles. The molecule has 0 N–H and O–H groups in total. The highest BCUT2D eigenvalue weighted by atomic mass is 32.2. The molecule has 122 valence electrons. The van der Waals surface area contributed by atoms with Gasteiger partial charge in [-0.2, -0.15) is 23.3 Å². The third-order valence-corrected chi connectivity index (χ3v) is 5.27. The van der Waals surface area contributed by atoms with Crippen molar-refractivity contribution in [3.05, 3.63) is 29.8 Å². The van der Waals surface area contributed by atoms with E-state index in [1.54, 1.807) is 16.9 Å². The minimum absolute atomic E-state index is 0.0918. The SMILES string of the molecule is CCn1nccc1CN(C)S(=O)(=O)c1cnn(C(F)F)c1C. The Morgan fingerprint density at radius 2 is 2.05 bits per heavy atom. The van der Waals surface area contributed by atoms with Gasteiger partial charge in [-0.3, -0.25) is 4.68 Å². The standard InChI is InChI=1S/C12H17F2N5O2S/c1-4-18-10(5-6-15-18)8-17(3)22(20,21)11-7-16-19(9(11)2)12(13)14/h5-7,12H,4,8H2,1-3H3. The summed E-state index contributed by atoms with van der Waals surface area (Å²) in [6, 6.07) is 1.71. The molecule has 0 aliphatic heterocycles. The number of hydrogen-bond acceptors (Lipinski definition) is 4. The van der Waals surface area contributed by atoms with Crippen molar-refractivity contribution < 1.29 is 17.2 Å². The van der Waals surface area contributed by atoms with Crippen LogP contribution in [0.1, 0.15) is 24.9 Å². The largest absolute Gasteiger partial charge is 0.333 e. The fraction of sp³-hybridized carbons (Fsp3) is 0.500. The van der Waals surface area contributed by atoms with E-state index in [-0.39, 0.29) is 17.1 Å². The van der Waals surface area contributed by atoms with E-state index in [4.69, 9.17) is 0 Å². The first-order chi connectivity index (χ1) is 10.3. The van der Waals surface area contributed by atoms with Gasteiger partial charge in [0.05, 0.1) is 24.1 Å². The highest BCUT2D eigenvalue weighted by molar-refractivity contribution is 7.89. The first-order valence-corrected chi connectivity index (χ1v) is 8.02. The molecule has 0 amide bonds. The lowest BCUT2D eigenvalue weighted by atomic mass is 10.4. The van der Waals surface area contributed by atoms with Gasteiger partial charge in [-0.1, -0.05) is 0 Å². The minimum atomic E-state index is -3.91. The molecule has 0 bridgehead atoms. The lowest BCUT2D eigenvalue weighted by molar-refractivity contribution is 0.0541. The smallest absolute Gasteiger partial charge is 0.269 e. The summed E-state index contributed by atoms with van der Waals surface area (Å²) in [5.41, 5.74) is 0.623. The molecule has 2 aromatic rings. The summed E-state index contributed by atoms with van der Waals surface area (Å²) in [4.78, 5) is -0.224. The number of sulfonamides is 1. The summed E-state index contributed by atoms with van der Waals surface area (Å²) in [5, 5.41) is 7.50. The highest BCUT2D eigenvalue weighted by Gasteiger charge is 2.28. The summed E-state index contributed by atoms with van der Waals surface area (Å²) < 4.78 is 53.6. The predicted molar refractivity (Wildman–Crippen MR) is 74.8 cm³/mol. The van der Waals surface area contributed by atoms with E-state index in [2.05, 4.69) is 10.2 Å². The molecular weight excluding hydrogens is 316 g/mol. The van der Waals surface area contributed by atoms with Gasteiger partial charge >= 0.3 is 6.55 Å². The van der Waals surface area contributed by atoms with Crippen molar-refractivity contribution in [3.8, 4) is 0 Å². The van der Waals surface area contributed by atoms with Crippen LogP contribution in [0.5, 0.6) is 0 Å². The molecular formula is C12H17F2N5O2S. The maximum absolute atomic E-state index is 12.7. The van der Waals surface area contributed by atoms with Gasteiger partial charge in [0, 0.05) is 19.8 Å². The van der Waals surface area contributed by atoms with Crippen molar-refractivity contribution in [1.82, 2.24) is 23.9 Å². The fourth-order valence-corrected chi connectivity index (χ4v) is 3.40. The summed E-state index contributed by atoms with van der Waals surface area (Å²) in [6.07, 6.45) is 2.53. The Balaban J connectivity index is 2.30. The topological polar surface area (TPSA) is 73.0 Å². The predicted octanol–water partition coefficient (Wildman–Crippen LogP) is 1.62. The first-order valence-electron chi connectivity index (χ1n) is 6.58. The van der Waals surface area contributed by atoms with Crippen molar-refractivity contribution in [1.29, 1.82) is 0 Å². The number of nitrogens with zero attached hydrogens (tertiary/aromatic N) is 5. The number of halogens is 2. The Bertz CT molecular complexity index is 753. The molecule has 0 aliphatic rings. The molecule has 0 unspecified atom stereocenters. The van der Waals surface area contributed by atoms with Crippen LogP contribution in [0.2, 0.25) is 0 Å². The van der Waals surface area contributed by atoms with Crippen molar-refractivity contribution in [2.45, 2.75) is 38.4 Å². The van der Waals surface area contributed by atoms with Crippen LogP contribution in [0, 0.1) is 6.92 Å². The normalized spacial score (nSPS) is 12.5. The highest BCUT2D eigenvalue weighted by Crippen LogP contribution is 2.23. The zero-order chi connectivity index (χ0) is 16.5. The number of aromatic nitrogens is 4. The van der Waals surface area contributed by atoms with Crippen LogP contribution < -0.4 is 0 Å². The third-order valence-electron chi connectivity index (χ3n) is 3.36. The van der Waals surface area contributed by atoms with Gasteiger partial charge in [-0.15, -0.1) is 0 Å². The Morgan fingerprint density at radius 1 is 1.36 bits per heavy atom. The first kappa shape index (κ1) is 16.6. The van der Waals surface area contributed by atoms with Crippen molar-refractivity contribution in [3.63, 3.8) is 0 Å². The summed E-state index contributed by atoms with van der Waals surface area (Å²) in [7, 11) is -2.52. The van der Waals surface area contributed by atoms with E-state index in [1.165, 1.54) is 14.0 Å². The van der Waals surface area contributed by atoms with E-state index in [0.717, 1.165) is 10.5 Å². The molecule has 0 spiro atoms. The maximum Gasteiger partial charge on any atom is 0.333 e. The van der Waals surface area contributed by atoms with Gasteiger partial charge in [0.2, 0.25) is 10.0 Å². The molecule has 2 heterocycles. The second-order valence-corrected chi connectivity index (χ2v) is 6.73. The average molecular weight is 333 g/mol. The van der Waals surface area contributed by atoms with Crippen molar-refractivity contribution in [2.75, 3.05) is 7.05 Å². The Labute approximate surface area is 127 Å². The van der Waals surface area contributed by atoms with Crippen LogP contribution in [0.25, 0.3) is 0 Å². The van der Waals surface area contributed by atoms with Gasteiger partial charge in [-0.05, 0) is 19.9 Å². The van der Waals surface area contributed by atoms with E-state index < -0.39 is 16.6 Å². The lowest BCUT2D eigenvalue weighted by Crippen LogP contribution is -2.28. The van der Waals surface area contributed by atoms with Crippen molar-refractivity contribution >= 4 is 10.0 Å². The van der Waals surface area contributed by atoms with Crippen LogP contribution >= 0.6 is 0 Å². The number of hydrogen-bond donors (Lipinski definition) is 0. The zero-order valence-electron chi connectivity index (χ0n) is 12.4.